The number of para-hydroxylation sites is 1. The van der Waals surface area contributed by atoms with Crippen LogP contribution in [-0.4, -0.2) is 19.0 Å². The van der Waals surface area contributed by atoms with Crippen LogP contribution in [0.4, 0.5) is 18.9 Å². The Balaban J connectivity index is 2.26. The quantitative estimate of drug-likeness (QED) is 0.841. The van der Waals surface area contributed by atoms with E-state index in [9.17, 15) is 18.0 Å². The normalized spacial score (nSPS) is 14.9. The van der Waals surface area contributed by atoms with Crippen LogP contribution in [0.3, 0.4) is 0 Å². The lowest BCUT2D eigenvalue weighted by Crippen LogP contribution is -2.27. The zero-order chi connectivity index (χ0) is 15.5. The Bertz CT molecular complexity index is 510. The molecule has 2 N–H and O–H groups in total. The Hall–Kier alpha value is -1.72. The van der Waals surface area contributed by atoms with E-state index in [1.807, 2.05) is 6.92 Å². The lowest BCUT2D eigenvalue weighted by atomic mass is 10.1. The van der Waals surface area contributed by atoms with E-state index in [2.05, 4.69) is 10.6 Å². The number of anilines is 1. The van der Waals surface area contributed by atoms with Gasteiger partial charge in [-0.3, -0.25) is 4.79 Å². The van der Waals surface area contributed by atoms with Crippen LogP contribution in [0.1, 0.15) is 42.1 Å². The summed E-state index contributed by atoms with van der Waals surface area (Å²) in [7, 11) is 0. The van der Waals surface area contributed by atoms with Crippen molar-refractivity contribution in [3.63, 3.8) is 0 Å². The van der Waals surface area contributed by atoms with Crippen LogP contribution in [0.2, 0.25) is 0 Å². The summed E-state index contributed by atoms with van der Waals surface area (Å²) < 4.78 is 39.2. The zero-order valence-corrected chi connectivity index (χ0v) is 11.9. The van der Waals surface area contributed by atoms with Gasteiger partial charge in [-0.2, -0.15) is 13.2 Å². The van der Waals surface area contributed by atoms with Gasteiger partial charge in [-0.15, -0.1) is 0 Å². The fourth-order valence-corrected chi connectivity index (χ4v) is 2.07. The van der Waals surface area contributed by atoms with Crippen LogP contribution in [0.15, 0.2) is 18.2 Å². The summed E-state index contributed by atoms with van der Waals surface area (Å²) in [5, 5.41) is 5.45. The summed E-state index contributed by atoms with van der Waals surface area (Å²) in [6.07, 6.45) is -1.66. The number of amides is 1. The van der Waals surface area contributed by atoms with E-state index < -0.39 is 17.6 Å². The molecule has 1 aromatic carbocycles. The molecule has 1 fully saturated rings. The second kappa shape index (κ2) is 6.37. The summed E-state index contributed by atoms with van der Waals surface area (Å²) in [6, 6.07) is 3.69. The van der Waals surface area contributed by atoms with Gasteiger partial charge in [-0.25, -0.2) is 0 Å². The van der Waals surface area contributed by atoms with Crippen molar-refractivity contribution in [2.45, 2.75) is 32.4 Å². The van der Waals surface area contributed by atoms with Crippen LogP contribution in [0.25, 0.3) is 0 Å². The number of carbonyl (C=O) groups is 1. The van der Waals surface area contributed by atoms with E-state index in [0.717, 1.165) is 18.9 Å². The largest absolute Gasteiger partial charge is 0.418 e. The van der Waals surface area contributed by atoms with Gasteiger partial charge in [0.2, 0.25) is 0 Å². The Morgan fingerprint density at radius 3 is 2.62 bits per heavy atom. The highest BCUT2D eigenvalue weighted by molar-refractivity contribution is 6.00. The molecule has 116 valence electrons. The minimum Gasteiger partial charge on any atom is -0.384 e. The molecule has 2 rings (SSSR count). The molecule has 3 nitrogen and oxygen atoms in total. The second-order valence-corrected chi connectivity index (χ2v) is 5.31. The first-order valence-corrected chi connectivity index (χ1v) is 7.15. The summed E-state index contributed by atoms with van der Waals surface area (Å²) >= 11 is 0. The molecule has 1 saturated carbocycles. The summed E-state index contributed by atoms with van der Waals surface area (Å²) in [5.41, 5.74) is -0.867. The molecule has 0 unspecified atom stereocenters. The van der Waals surface area contributed by atoms with E-state index in [0.29, 0.717) is 25.4 Å². The maximum absolute atomic E-state index is 13.1. The van der Waals surface area contributed by atoms with Crippen LogP contribution in [0.5, 0.6) is 0 Å². The average Bonchev–Trinajstić information content (AvgIpc) is 3.25. The molecular formula is C15H19F3N2O. The number of rotatable bonds is 6. The zero-order valence-electron chi connectivity index (χ0n) is 11.9. The SMILES string of the molecule is CCCNc1c(C(=O)NCC2CC2)cccc1C(F)(F)F. The molecule has 0 aromatic heterocycles. The van der Waals surface area contributed by atoms with Gasteiger partial charge in [-0.05, 0) is 37.3 Å². The summed E-state index contributed by atoms with van der Waals surface area (Å²) in [4.78, 5) is 12.1. The molecule has 1 amide bonds. The van der Waals surface area contributed by atoms with Gasteiger partial charge >= 0.3 is 6.18 Å². The highest BCUT2D eigenvalue weighted by Crippen LogP contribution is 2.36. The maximum atomic E-state index is 13.1. The maximum Gasteiger partial charge on any atom is 0.418 e. The number of nitrogens with one attached hydrogen (secondary N) is 2. The number of hydrogen-bond acceptors (Lipinski definition) is 2. The van der Waals surface area contributed by atoms with E-state index in [4.69, 9.17) is 0 Å². The van der Waals surface area contributed by atoms with Crippen molar-refractivity contribution >= 4 is 11.6 Å². The lowest BCUT2D eigenvalue weighted by molar-refractivity contribution is -0.137. The van der Waals surface area contributed by atoms with Gasteiger partial charge < -0.3 is 10.6 Å². The summed E-state index contributed by atoms with van der Waals surface area (Å²) in [5.74, 6) is 0.0263. The van der Waals surface area contributed by atoms with Crippen molar-refractivity contribution in [2.75, 3.05) is 18.4 Å². The van der Waals surface area contributed by atoms with E-state index >= 15 is 0 Å². The molecule has 21 heavy (non-hydrogen) atoms. The second-order valence-electron chi connectivity index (χ2n) is 5.31. The van der Waals surface area contributed by atoms with Gasteiger partial charge in [0, 0.05) is 13.1 Å². The van der Waals surface area contributed by atoms with Crippen LogP contribution < -0.4 is 10.6 Å². The Morgan fingerprint density at radius 2 is 2.05 bits per heavy atom. The molecule has 0 atom stereocenters. The van der Waals surface area contributed by atoms with Crippen molar-refractivity contribution in [3.05, 3.63) is 29.3 Å². The fourth-order valence-electron chi connectivity index (χ4n) is 2.07. The number of hydrogen-bond donors (Lipinski definition) is 2. The summed E-state index contributed by atoms with van der Waals surface area (Å²) in [6.45, 7) is 2.77. The molecule has 0 spiro atoms. The third-order valence-electron chi connectivity index (χ3n) is 3.41. The van der Waals surface area contributed by atoms with Gasteiger partial charge in [0.1, 0.15) is 0 Å². The van der Waals surface area contributed by atoms with Gasteiger partial charge in [0.15, 0.2) is 0 Å². The highest BCUT2D eigenvalue weighted by Gasteiger charge is 2.35. The Labute approximate surface area is 121 Å². The van der Waals surface area contributed by atoms with Gasteiger partial charge in [0.05, 0.1) is 16.8 Å². The standard InChI is InChI=1S/C15H19F3N2O/c1-2-8-19-13-11(14(21)20-9-10-6-7-10)4-3-5-12(13)15(16,17)18/h3-5,10,19H,2,6-9H2,1H3,(H,20,21). The third kappa shape index (κ3) is 4.12. The Kier molecular flexibility index (Phi) is 4.75. The minimum atomic E-state index is -4.48. The first-order chi connectivity index (χ1) is 9.93. The molecular weight excluding hydrogens is 281 g/mol. The topological polar surface area (TPSA) is 41.1 Å². The monoisotopic (exact) mass is 300 g/mol. The van der Waals surface area contributed by atoms with Crippen molar-refractivity contribution < 1.29 is 18.0 Å². The first-order valence-electron chi connectivity index (χ1n) is 7.15. The number of carbonyl (C=O) groups excluding carboxylic acids is 1. The molecule has 0 saturated heterocycles. The van der Waals surface area contributed by atoms with Crippen LogP contribution >= 0.6 is 0 Å². The number of benzene rings is 1. The van der Waals surface area contributed by atoms with Crippen molar-refractivity contribution in [3.8, 4) is 0 Å². The number of alkyl halides is 3. The van der Waals surface area contributed by atoms with Gasteiger partial charge in [-0.1, -0.05) is 13.0 Å². The van der Waals surface area contributed by atoms with E-state index in [1.165, 1.54) is 12.1 Å². The van der Waals surface area contributed by atoms with E-state index in [-0.39, 0.29) is 11.3 Å². The molecule has 0 bridgehead atoms. The molecule has 0 radical (unpaired) electrons. The first kappa shape index (κ1) is 15.7. The van der Waals surface area contributed by atoms with Crippen molar-refractivity contribution in [1.82, 2.24) is 5.32 Å². The molecule has 0 aliphatic heterocycles. The third-order valence-corrected chi connectivity index (χ3v) is 3.41. The molecule has 6 heteroatoms. The minimum absolute atomic E-state index is 0.0546. The van der Waals surface area contributed by atoms with Crippen molar-refractivity contribution in [2.24, 2.45) is 5.92 Å². The van der Waals surface area contributed by atoms with E-state index in [1.54, 1.807) is 0 Å². The fraction of sp³-hybridized carbons (Fsp3) is 0.533. The van der Waals surface area contributed by atoms with Crippen molar-refractivity contribution in [1.29, 1.82) is 0 Å². The highest BCUT2D eigenvalue weighted by atomic mass is 19.4. The molecule has 1 aliphatic carbocycles. The van der Waals surface area contributed by atoms with Crippen LogP contribution in [0, 0.1) is 5.92 Å². The van der Waals surface area contributed by atoms with Gasteiger partial charge in [0.25, 0.3) is 5.91 Å². The Morgan fingerprint density at radius 1 is 1.33 bits per heavy atom. The predicted molar refractivity (Wildman–Crippen MR) is 75.3 cm³/mol. The molecule has 1 aliphatic rings. The molecule has 1 aromatic rings. The molecule has 0 heterocycles. The smallest absolute Gasteiger partial charge is 0.384 e. The number of halogens is 3. The lowest BCUT2D eigenvalue weighted by Gasteiger charge is -2.18. The predicted octanol–water partition coefficient (Wildman–Crippen LogP) is 3.67. The average molecular weight is 300 g/mol. The van der Waals surface area contributed by atoms with Crippen LogP contribution in [-0.2, 0) is 6.18 Å².